The molecule has 1 N–H and O–H groups in total. The van der Waals surface area contributed by atoms with E-state index < -0.39 is 0 Å². The van der Waals surface area contributed by atoms with Gasteiger partial charge in [0.05, 0.1) is 5.71 Å². The molecular weight excluding hydrogens is 305 g/mol. The van der Waals surface area contributed by atoms with E-state index in [1.807, 2.05) is 6.92 Å². The second-order valence-corrected chi connectivity index (χ2v) is 9.82. The topological polar surface area (TPSA) is 32.6 Å². The van der Waals surface area contributed by atoms with Crippen molar-refractivity contribution in [1.29, 1.82) is 0 Å². The smallest absolute Gasteiger partial charge is 1.00 e. The number of oxime groups is 1. The van der Waals surface area contributed by atoms with Crippen LogP contribution in [0.5, 0.6) is 0 Å². The average Bonchev–Trinajstić information content (AvgIpc) is 2.91. The summed E-state index contributed by atoms with van der Waals surface area (Å²) in [5.74, 6) is 4.34. The van der Waals surface area contributed by atoms with Crippen LogP contribution in [0.25, 0.3) is 0 Å². The maximum atomic E-state index is 9.32. The van der Waals surface area contributed by atoms with Gasteiger partial charge in [0.15, 0.2) is 0 Å². The second-order valence-electron chi connectivity index (χ2n) is 9.82. The molecule has 4 aliphatic carbocycles. The summed E-state index contributed by atoms with van der Waals surface area (Å²) in [6.07, 6.45) is 14.3. The summed E-state index contributed by atoms with van der Waals surface area (Å²) >= 11 is 0. The van der Waals surface area contributed by atoms with E-state index in [0.717, 1.165) is 29.4 Å². The Balaban J connectivity index is 0.00000113. The molecule has 24 heavy (non-hydrogen) atoms. The fourth-order valence-electron chi connectivity index (χ4n) is 8.05. The Hall–Kier alpha value is 0.470. The molecule has 3 heteroatoms. The Morgan fingerprint density at radius 1 is 0.917 bits per heavy atom. The standard InChI is InChI=1S/C21H35NO.Na.H/c1-14(22-23)17-9-10-18-16-8-7-15-6-4-5-12-20(15,2)19(16)11-13-21(17,18)3;;/h15-19,23H,4-13H2,1-3H3;;/q;+1;-1/t15-,16-,17-,18?,19-,20+,21-;;/m1../s1. The summed E-state index contributed by atoms with van der Waals surface area (Å²) in [5.41, 5.74) is 2.03. The van der Waals surface area contributed by atoms with Crippen molar-refractivity contribution in [2.24, 2.45) is 45.6 Å². The number of hydrogen-bond acceptors (Lipinski definition) is 2. The van der Waals surface area contributed by atoms with Gasteiger partial charge in [-0.3, -0.25) is 0 Å². The number of nitrogens with zero attached hydrogens (tertiary/aromatic N) is 1. The minimum atomic E-state index is 0. The molecule has 4 fully saturated rings. The molecule has 1 unspecified atom stereocenters. The average molecular weight is 342 g/mol. The van der Waals surface area contributed by atoms with Crippen LogP contribution in [-0.2, 0) is 0 Å². The Morgan fingerprint density at radius 3 is 2.42 bits per heavy atom. The van der Waals surface area contributed by atoms with E-state index in [0.29, 0.717) is 16.7 Å². The van der Waals surface area contributed by atoms with Gasteiger partial charge in [-0.25, -0.2) is 0 Å². The van der Waals surface area contributed by atoms with Crippen LogP contribution in [0, 0.1) is 40.4 Å². The summed E-state index contributed by atoms with van der Waals surface area (Å²) < 4.78 is 0. The predicted molar refractivity (Wildman–Crippen MR) is 95.8 cm³/mol. The van der Waals surface area contributed by atoms with E-state index in [2.05, 4.69) is 19.0 Å². The van der Waals surface area contributed by atoms with Crippen LogP contribution in [-0.4, -0.2) is 10.9 Å². The van der Waals surface area contributed by atoms with Gasteiger partial charge in [-0.05, 0) is 92.8 Å². The maximum absolute atomic E-state index is 9.32. The van der Waals surface area contributed by atoms with E-state index in [4.69, 9.17) is 0 Å². The summed E-state index contributed by atoms with van der Waals surface area (Å²) in [6.45, 7) is 7.22. The van der Waals surface area contributed by atoms with Crippen molar-refractivity contribution in [3.63, 3.8) is 0 Å². The molecule has 2 nitrogen and oxygen atoms in total. The molecule has 4 aliphatic rings. The van der Waals surface area contributed by atoms with Crippen molar-refractivity contribution >= 4 is 5.71 Å². The third-order valence-electron chi connectivity index (χ3n) is 9.25. The van der Waals surface area contributed by atoms with Gasteiger partial charge in [0.1, 0.15) is 0 Å². The van der Waals surface area contributed by atoms with E-state index in [1.54, 1.807) is 0 Å². The van der Waals surface area contributed by atoms with E-state index in [-0.39, 0.29) is 31.0 Å². The molecular formula is C21H36NNaO. The number of hydrogen-bond donors (Lipinski definition) is 1. The summed E-state index contributed by atoms with van der Waals surface area (Å²) in [5, 5.41) is 12.9. The van der Waals surface area contributed by atoms with E-state index in [9.17, 15) is 5.21 Å². The maximum Gasteiger partial charge on any atom is 1.00 e. The van der Waals surface area contributed by atoms with Gasteiger partial charge in [-0.1, -0.05) is 31.8 Å². The molecule has 0 amide bonds. The summed E-state index contributed by atoms with van der Waals surface area (Å²) in [4.78, 5) is 0. The monoisotopic (exact) mass is 341 g/mol. The van der Waals surface area contributed by atoms with Crippen LogP contribution in [0.15, 0.2) is 5.16 Å². The largest absolute Gasteiger partial charge is 1.00 e. The Labute approximate surface area is 172 Å². The molecule has 0 spiro atoms. The third-order valence-corrected chi connectivity index (χ3v) is 9.25. The predicted octanol–water partition coefficient (Wildman–Crippen LogP) is 3.00. The molecule has 0 aromatic heterocycles. The molecule has 0 bridgehead atoms. The molecule has 0 radical (unpaired) electrons. The Morgan fingerprint density at radius 2 is 1.67 bits per heavy atom. The molecule has 0 heterocycles. The van der Waals surface area contributed by atoms with Crippen LogP contribution in [0.4, 0.5) is 0 Å². The van der Waals surface area contributed by atoms with Crippen molar-refractivity contribution in [2.75, 3.05) is 0 Å². The summed E-state index contributed by atoms with van der Waals surface area (Å²) in [6, 6.07) is 0. The molecule has 0 aromatic carbocycles. The van der Waals surface area contributed by atoms with Gasteiger partial charge < -0.3 is 6.63 Å². The van der Waals surface area contributed by atoms with Gasteiger partial charge in [0.25, 0.3) is 0 Å². The zero-order chi connectivity index (χ0) is 16.2. The van der Waals surface area contributed by atoms with Crippen LogP contribution < -0.4 is 29.6 Å². The van der Waals surface area contributed by atoms with Crippen molar-refractivity contribution in [2.45, 2.75) is 85.0 Å². The third kappa shape index (κ3) is 2.65. The van der Waals surface area contributed by atoms with Crippen LogP contribution in [0.3, 0.4) is 0 Å². The van der Waals surface area contributed by atoms with Crippen molar-refractivity contribution in [1.82, 2.24) is 0 Å². The first-order valence-corrected chi connectivity index (χ1v) is 10.2. The Kier molecular flexibility index (Phi) is 5.52. The first kappa shape index (κ1) is 19.2. The minimum absolute atomic E-state index is 0. The van der Waals surface area contributed by atoms with Gasteiger partial charge in [-0.2, -0.15) is 0 Å². The molecule has 4 rings (SSSR count). The first-order valence-electron chi connectivity index (χ1n) is 10.2. The van der Waals surface area contributed by atoms with Gasteiger partial charge in [0, 0.05) is 5.92 Å². The first-order chi connectivity index (χ1) is 11.0. The van der Waals surface area contributed by atoms with Gasteiger partial charge in [0.2, 0.25) is 0 Å². The molecule has 132 valence electrons. The zero-order valence-corrected chi connectivity index (χ0v) is 18.4. The normalized spacial score (nSPS) is 51.1. The second kappa shape index (κ2) is 6.89. The minimum Gasteiger partial charge on any atom is -1.00 e. The molecule has 7 atom stereocenters. The van der Waals surface area contributed by atoms with Gasteiger partial charge >= 0.3 is 29.6 Å². The van der Waals surface area contributed by atoms with Crippen LogP contribution in [0.2, 0.25) is 0 Å². The molecule has 0 aliphatic heterocycles. The SMILES string of the molecule is CC(=NO)[C@H]1CCC2[C@H]3CC[C@H]4CCCC[C@]4(C)[C@@H]3CC[C@@]21C.[H-].[Na+]. The summed E-state index contributed by atoms with van der Waals surface area (Å²) in [7, 11) is 0. The number of fused-ring (bicyclic) bond motifs is 5. The van der Waals surface area contributed by atoms with Crippen molar-refractivity contribution < 1.29 is 36.2 Å². The van der Waals surface area contributed by atoms with Crippen molar-refractivity contribution in [3.05, 3.63) is 0 Å². The number of rotatable bonds is 1. The van der Waals surface area contributed by atoms with E-state index >= 15 is 0 Å². The van der Waals surface area contributed by atoms with E-state index in [1.165, 1.54) is 64.2 Å². The molecule has 0 aromatic rings. The fourth-order valence-corrected chi connectivity index (χ4v) is 8.05. The Bertz CT molecular complexity index is 512. The van der Waals surface area contributed by atoms with Crippen molar-refractivity contribution in [3.8, 4) is 0 Å². The zero-order valence-electron chi connectivity index (χ0n) is 17.4. The van der Waals surface area contributed by atoms with Crippen LogP contribution in [0.1, 0.15) is 86.4 Å². The molecule has 0 saturated heterocycles. The van der Waals surface area contributed by atoms with Gasteiger partial charge in [-0.15, -0.1) is 0 Å². The quantitative estimate of drug-likeness (QED) is 0.338. The van der Waals surface area contributed by atoms with Crippen LogP contribution >= 0.6 is 0 Å². The molecule has 4 saturated carbocycles. The fraction of sp³-hybridized carbons (Fsp3) is 0.952.